The van der Waals surface area contributed by atoms with Gasteiger partial charge in [0.05, 0.1) is 12.7 Å². The topological polar surface area (TPSA) is 70.5 Å². The lowest BCUT2D eigenvalue weighted by molar-refractivity contribution is -0.137. The van der Waals surface area contributed by atoms with Gasteiger partial charge in [0.2, 0.25) is 11.9 Å². The highest BCUT2D eigenvalue weighted by atomic mass is 19.4. The summed E-state index contributed by atoms with van der Waals surface area (Å²) in [7, 11) is 1.61. The lowest BCUT2D eigenvalue weighted by Gasteiger charge is -2.36. The first-order chi connectivity index (χ1) is 17.4. The zero-order chi connectivity index (χ0) is 25.1. The van der Waals surface area contributed by atoms with E-state index in [9.17, 15) is 13.2 Å². The van der Waals surface area contributed by atoms with Crippen molar-refractivity contribution in [2.45, 2.75) is 25.4 Å². The maximum atomic E-state index is 13.5. The zero-order valence-corrected chi connectivity index (χ0v) is 20.1. The van der Waals surface area contributed by atoms with Crippen LogP contribution in [-0.2, 0) is 6.18 Å². The summed E-state index contributed by atoms with van der Waals surface area (Å²) < 4.78 is 45.9. The summed E-state index contributed by atoms with van der Waals surface area (Å²) in [6, 6.07) is 9.96. The van der Waals surface area contributed by atoms with Gasteiger partial charge in [-0.1, -0.05) is 12.1 Å². The number of methoxy groups -OCH3 is 1. The largest absolute Gasteiger partial charge is 0.497 e. The third-order valence-electron chi connectivity index (χ3n) is 6.53. The Hall–Kier alpha value is -3.63. The zero-order valence-electron chi connectivity index (χ0n) is 20.1. The summed E-state index contributed by atoms with van der Waals surface area (Å²) in [6.07, 6.45) is 0.296. The van der Waals surface area contributed by atoms with Crippen LogP contribution in [0.2, 0.25) is 0 Å². The molecule has 0 N–H and O–H groups in total. The van der Waals surface area contributed by atoms with Gasteiger partial charge in [-0.15, -0.1) is 0 Å². The second-order valence-corrected chi connectivity index (χ2v) is 8.89. The Kier molecular flexibility index (Phi) is 6.80. The molecule has 0 amide bonds. The molecule has 0 saturated carbocycles. The molecule has 2 aliphatic rings. The van der Waals surface area contributed by atoms with E-state index in [-0.39, 0.29) is 5.82 Å². The van der Waals surface area contributed by atoms with Gasteiger partial charge in [0, 0.05) is 51.0 Å². The molecule has 1 aromatic carbocycles. The molecule has 190 valence electrons. The number of ether oxygens (including phenoxy) is 1. The number of aromatic nitrogens is 4. The van der Waals surface area contributed by atoms with E-state index in [2.05, 4.69) is 9.88 Å². The molecule has 11 heteroatoms. The molecule has 36 heavy (non-hydrogen) atoms. The molecule has 8 nitrogen and oxygen atoms in total. The third-order valence-corrected chi connectivity index (χ3v) is 6.53. The predicted octanol–water partition coefficient (Wildman–Crippen LogP) is 4.28. The van der Waals surface area contributed by atoms with Crippen molar-refractivity contribution in [1.29, 1.82) is 0 Å². The minimum atomic E-state index is -4.45. The van der Waals surface area contributed by atoms with Crippen LogP contribution in [0.4, 0.5) is 30.9 Å². The van der Waals surface area contributed by atoms with Gasteiger partial charge in [-0.25, -0.2) is 4.98 Å². The highest BCUT2D eigenvalue weighted by molar-refractivity contribution is 5.61. The van der Waals surface area contributed by atoms with E-state index in [1.54, 1.807) is 12.0 Å². The van der Waals surface area contributed by atoms with Crippen molar-refractivity contribution in [3.63, 3.8) is 0 Å². The van der Waals surface area contributed by atoms with E-state index in [0.29, 0.717) is 49.6 Å². The fraction of sp³-hybridized carbons (Fsp3) is 0.440. The molecule has 2 saturated heterocycles. The molecule has 0 radical (unpaired) electrons. The van der Waals surface area contributed by atoms with Gasteiger partial charge in [-0.3, -0.25) is 0 Å². The number of halogens is 3. The maximum Gasteiger partial charge on any atom is 0.419 e. The summed E-state index contributed by atoms with van der Waals surface area (Å²) in [5.74, 6) is 2.37. The number of nitrogens with zero attached hydrogens (tertiary/aromatic N) is 7. The molecule has 3 aromatic rings. The van der Waals surface area contributed by atoms with E-state index in [4.69, 9.17) is 19.7 Å². The highest BCUT2D eigenvalue weighted by Gasteiger charge is 2.36. The Bertz CT molecular complexity index is 1190. The first-order valence-electron chi connectivity index (χ1n) is 12.1. The van der Waals surface area contributed by atoms with Crippen molar-refractivity contribution in [3.05, 3.63) is 48.2 Å². The molecule has 5 rings (SSSR count). The van der Waals surface area contributed by atoms with E-state index >= 15 is 0 Å². The number of benzene rings is 1. The van der Waals surface area contributed by atoms with Crippen molar-refractivity contribution in [1.82, 2.24) is 19.9 Å². The first kappa shape index (κ1) is 24.1. The van der Waals surface area contributed by atoms with Crippen molar-refractivity contribution in [3.8, 4) is 17.1 Å². The van der Waals surface area contributed by atoms with Crippen LogP contribution in [0.3, 0.4) is 0 Å². The lowest BCUT2D eigenvalue weighted by Crippen LogP contribution is -2.48. The number of anilines is 3. The van der Waals surface area contributed by atoms with Crippen LogP contribution < -0.4 is 19.4 Å². The van der Waals surface area contributed by atoms with Crippen LogP contribution in [0.15, 0.2) is 42.6 Å². The van der Waals surface area contributed by atoms with Crippen LogP contribution in [0.5, 0.6) is 5.75 Å². The second kappa shape index (κ2) is 10.2. The smallest absolute Gasteiger partial charge is 0.419 e. The molecule has 0 unspecified atom stereocenters. The van der Waals surface area contributed by atoms with Crippen molar-refractivity contribution < 1.29 is 17.9 Å². The molecule has 0 aliphatic carbocycles. The lowest BCUT2D eigenvalue weighted by atomic mass is 10.1. The van der Waals surface area contributed by atoms with Gasteiger partial charge in [0.1, 0.15) is 11.6 Å². The molecular formula is C25H28F3N7O. The van der Waals surface area contributed by atoms with Crippen molar-refractivity contribution in [2.75, 3.05) is 61.1 Å². The summed E-state index contributed by atoms with van der Waals surface area (Å²) in [4.78, 5) is 24.2. The van der Waals surface area contributed by atoms with E-state index < -0.39 is 11.7 Å². The Labute approximate surface area is 207 Å². The van der Waals surface area contributed by atoms with Gasteiger partial charge in [0.25, 0.3) is 0 Å². The minimum absolute atomic E-state index is 0.0358. The average Bonchev–Trinajstić information content (AvgIpc) is 2.93. The van der Waals surface area contributed by atoms with Crippen LogP contribution in [-0.4, -0.2) is 66.3 Å². The third kappa shape index (κ3) is 5.14. The summed E-state index contributed by atoms with van der Waals surface area (Å²) >= 11 is 0. The van der Waals surface area contributed by atoms with E-state index in [1.165, 1.54) is 18.7 Å². The van der Waals surface area contributed by atoms with Gasteiger partial charge in [-0.05, 0) is 43.5 Å². The molecule has 2 aromatic heterocycles. The van der Waals surface area contributed by atoms with Gasteiger partial charge in [0.15, 0.2) is 5.82 Å². The standard InChI is InChI=1S/C25H28F3N7O/c1-36-19-8-5-7-18(17-19)21-30-23(34-11-3-2-4-12-34)32-24(31-21)35-15-13-33(14-16-35)22-20(25(26,27)28)9-6-10-29-22/h5-10,17H,2-4,11-16H2,1H3. The molecule has 0 atom stereocenters. The average molecular weight is 500 g/mol. The fourth-order valence-electron chi connectivity index (χ4n) is 4.61. The van der Waals surface area contributed by atoms with Crippen LogP contribution in [0, 0.1) is 0 Å². The fourth-order valence-corrected chi connectivity index (χ4v) is 4.61. The monoisotopic (exact) mass is 499 g/mol. The molecule has 4 heterocycles. The Balaban J connectivity index is 1.42. The van der Waals surface area contributed by atoms with Crippen LogP contribution in [0.25, 0.3) is 11.4 Å². The van der Waals surface area contributed by atoms with E-state index in [0.717, 1.165) is 37.6 Å². The predicted molar refractivity (Wildman–Crippen MR) is 132 cm³/mol. The number of piperazine rings is 1. The number of pyridine rings is 1. The number of hydrogen-bond donors (Lipinski definition) is 0. The molecule has 0 bridgehead atoms. The number of hydrogen-bond acceptors (Lipinski definition) is 8. The number of alkyl halides is 3. The SMILES string of the molecule is COc1cccc(-c2nc(N3CCCCC3)nc(N3CCN(c4ncccc4C(F)(F)F)CC3)n2)c1. The Morgan fingerprint density at radius 3 is 2.11 bits per heavy atom. The van der Waals surface area contributed by atoms with Crippen LogP contribution in [0.1, 0.15) is 24.8 Å². The Morgan fingerprint density at radius 1 is 0.778 bits per heavy atom. The van der Waals surface area contributed by atoms with Crippen LogP contribution >= 0.6 is 0 Å². The number of piperidine rings is 1. The summed E-state index contributed by atoms with van der Waals surface area (Å²) in [6.45, 7) is 3.45. The first-order valence-corrected chi connectivity index (χ1v) is 12.1. The summed E-state index contributed by atoms with van der Waals surface area (Å²) in [5.41, 5.74) is 0.101. The summed E-state index contributed by atoms with van der Waals surface area (Å²) in [5, 5.41) is 0. The van der Waals surface area contributed by atoms with Gasteiger partial charge >= 0.3 is 6.18 Å². The molecular weight excluding hydrogens is 471 g/mol. The second-order valence-electron chi connectivity index (χ2n) is 8.89. The van der Waals surface area contributed by atoms with Gasteiger partial charge in [-0.2, -0.15) is 28.1 Å². The molecule has 0 spiro atoms. The normalized spacial score (nSPS) is 16.8. The molecule has 2 fully saturated rings. The Morgan fingerprint density at radius 2 is 1.44 bits per heavy atom. The van der Waals surface area contributed by atoms with Crippen molar-refractivity contribution in [2.24, 2.45) is 0 Å². The quantitative estimate of drug-likeness (QED) is 0.515. The van der Waals surface area contributed by atoms with Crippen molar-refractivity contribution >= 4 is 17.7 Å². The highest BCUT2D eigenvalue weighted by Crippen LogP contribution is 2.35. The number of rotatable bonds is 5. The minimum Gasteiger partial charge on any atom is -0.497 e. The molecule has 2 aliphatic heterocycles. The van der Waals surface area contributed by atoms with E-state index in [1.807, 2.05) is 29.2 Å². The maximum absolute atomic E-state index is 13.5. The van der Waals surface area contributed by atoms with Gasteiger partial charge < -0.3 is 19.4 Å².